The van der Waals surface area contributed by atoms with Gasteiger partial charge in [0, 0.05) is 13.1 Å². The van der Waals surface area contributed by atoms with Crippen molar-refractivity contribution in [3.05, 3.63) is 48.0 Å². The van der Waals surface area contributed by atoms with Gasteiger partial charge in [-0.3, -0.25) is 4.79 Å². The van der Waals surface area contributed by atoms with Gasteiger partial charge in [0.05, 0.1) is 18.0 Å². The number of amides is 1. The molecule has 3 rings (SSSR count). The van der Waals surface area contributed by atoms with Crippen molar-refractivity contribution in [1.29, 1.82) is 0 Å². The molecular formula is C16H18N4O3. The lowest BCUT2D eigenvalue weighted by atomic mass is 10.0. The van der Waals surface area contributed by atoms with Gasteiger partial charge in [0.2, 0.25) is 5.91 Å². The third-order valence-electron chi connectivity index (χ3n) is 4.09. The smallest absolute Gasteiger partial charge is 0.335 e. The van der Waals surface area contributed by atoms with Crippen LogP contribution >= 0.6 is 0 Å². The van der Waals surface area contributed by atoms with Crippen molar-refractivity contribution in [2.24, 2.45) is 0 Å². The number of carbonyl (C=O) groups excluding carboxylic acids is 1. The van der Waals surface area contributed by atoms with E-state index in [1.807, 2.05) is 4.90 Å². The summed E-state index contributed by atoms with van der Waals surface area (Å²) in [6.45, 7) is 1.34. The summed E-state index contributed by atoms with van der Waals surface area (Å²) >= 11 is 0. The Morgan fingerprint density at radius 3 is 2.96 bits per heavy atom. The van der Waals surface area contributed by atoms with E-state index >= 15 is 0 Å². The number of carboxylic acid groups (broad SMARTS) is 1. The minimum absolute atomic E-state index is 0.0114. The fourth-order valence-electron chi connectivity index (χ4n) is 2.90. The number of likely N-dealkylation sites (tertiary alicyclic amines) is 1. The lowest BCUT2D eigenvalue weighted by Crippen LogP contribution is -2.41. The summed E-state index contributed by atoms with van der Waals surface area (Å²) < 4.78 is 1.80. The standard InChI is InChI=1S/C16H18N4O3/c21-15(8-12-3-1-4-13(7-12)16(22)23)19-6-2-5-14(9-19)20-11-17-10-18-20/h1,3-4,7,10-11,14H,2,5-6,8-9H2,(H,22,23). The molecule has 1 aromatic carbocycles. The molecular weight excluding hydrogens is 296 g/mol. The van der Waals surface area contributed by atoms with Crippen molar-refractivity contribution in [3.8, 4) is 0 Å². The first-order valence-electron chi connectivity index (χ1n) is 7.57. The summed E-state index contributed by atoms with van der Waals surface area (Å²) in [5, 5.41) is 13.2. The number of hydrogen-bond donors (Lipinski definition) is 1. The van der Waals surface area contributed by atoms with Crippen LogP contribution in [0.4, 0.5) is 0 Å². The fourth-order valence-corrected chi connectivity index (χ4v) is 2.90. The number of aromatic carboxylic acids is 1. The van der Waals surface area contributed by atoms with Gasteiger partial charge in [-0.1, -0.05) is 12.1 Å². The van der Waals surface area contributed by atoms with E-state index in [2.05, 4.69) is 10.1 Å². The quantitative estimate of drug-likeness (QED) is 0.921. The van der Waals surface area contributed by atoms with Crippen LogP contribution in [-0.4, -0.2) is 49.7 Å². The zero-order chi connectivity index (χ0) is 16.2. The molecule has 2 aromatic rings. The van der Waals surface area contributed by atoms with Crippen molar-refractivity contribution in [2.75, 3.05) is 13.1 Å². The number of carboxylic acids is 1. The Morgan fingerprint density at radius 2 is 2.22 bits per heavy atom. The van der Waals surface area contributed by atoms with Crippen molar-refractivity contribution in [3.63, 3.8) is 0 Å². The molecule has 7 nitrogen and oxygen atoms in total. The van der Waals surface area contributed by atoms with Gasteiger partial charge in [0.15, 0.2) is 0 Å². The maximum atomic E-state index is 12.5. The second-order valence-corrected chi connectivity index (χ2v) is 5.69. The molecule has 1 aromatic heterocycles. The van der Waals surface area contributed by atoms with Crippen LogP contribution in [0.15, 0.2) is 36.9 Å². The zero-order valence-corrected chi connectivity index (χ0v) is 12.6. The molecule has 1 aliphatic rings. The summed E-state index contributed by atoms with van der Waals surface area (Å²) in [6, 6.07) is 6.68. The minimum Gasteiger partial charge on any atom is -0.478 e. The van der Waals surface area contributed by atoms with Gasteiger partial charge in [-0.25, -0.2) is 14.5 Å². The van der Waals surface area contributed by atoms with E-state index in [4.69, 9.17) is 5.11 Å². The van der Waals surface area contributed by atoms with Crippen LogP contribution in [0.2, 0.25) is 0 Å². The van der Waals surface area contributed by atoms with Crippen LogP contribution in [0.25, 0.3) is 0 Å². The SMILES string of the molecule is O=C(O)c1cccc(CC(=O)N2CCCC(n3cncn3)C2)c1. The number of benzene rings is 1. The molecule has 0 spiro atoms. The Kier molecular flexibility index (Phi) is 4.36. The number of hydrogen-bond acceptors (Lipinski definition) is 4. The molecule has 0 bridgehead atoms. The van der Waals surface area contributed by atoms with Crippen molar-refractivity contribution < 1.29 is 14.7 Å². The van der Waals surface area contributed by atoms with E-state index in [1.54, 1.807) is 29.2 Å². The molecule has 1 fully saturated rings. The van der Waals surface area contributed by atoms with E-state index < -0.39 is 5.97 Å². The third kappa shape index (κ3) is 3.56. The Balaban J connectivity index is 1.66. The monoisotopic (exact) mass is 314 g/mol. The van der Waals surface area contributed by atoms with E-state index in [1.165, 1.54) is 12.4 Å². The first-order chi connectivity index (χ1) is 11.1. The Labute approximate surface area is 133 Å². The summed E-state index contributed by atoms with van der Waals surface area (Å²) in [5.74, 6) is -0.971. The van der Waals surface area contributed by atoms with Crippen LogP contribution in [0.1, 0.15) is 34.8 Å². The van der Waals surface area contributed by atoms with Gasteiger partial charge in [-0.15, -0.1) is 0 Å². The molecule has 1 saturated heterocycles. The van der Waals surface area contributed by atoms with Gasteiger partial charge >= 0.3 is 5.97 Å². The van der Waals surface area contributed by atoms with Gasteiger partial charge < -0.3 is 10.0 Å². The van der Waals surface area contributed by atoms with E-state index in [9.17, 15) is 9.59 Å². The number of rotatable bonds is 4. The number of piperidine rings is 1. The average Bonchev–Trinajstić information content (AvgIpc) is 3.10. The molecule has 0 saturated carbocycles. The highest BCUT2D eigenvalue weighted by Crippen LogP contribution is 2.21. The normalized spacial score (nSPS) is 17.9. The molecule has 1 aliphatic heterocycles. The summed E-state index contributed by atoms with van der Waals surface area (Å²) in [6.07, 6.45) is 5.28. The first-order valence-corrected chi connectivity index (χ1v) is 7.57. The Bertz CT molecular complexity index is 699. The lowest BCUT2D eigenvalue weighted by Gasteiger charge is -2.32. The van der Waals surface area contributed by atoms with Crippen molar-refractivity contribution in [1.82, 2.24) is 19.7 Å². The Morgan fingerprint density at radius 1 is 1.35 bits per heavy atom. The maximum absolute atomic E-state index is 12.5. The fraction of sp³-hybridized carbons (Fsp3) is 0.375. The maximum Gasteiger partial charge on any atom is 0.335 e. The lowest BCUT2D eigenvalue weighted by molar-refractivity contribution is -0.132. The van der Waals surface area contributed by atoms with Gasteiger partial charge in [0.25, 0.3) is 0 Å². The van der Waals surface area contributed by atoms with Crippen LogP contribution in [0.5, 0.6) is 0 Å². The van der Waals surface area contributed by atoms with E-state index in [0.717, 1.165) is 24.9 Å². The molecule has 2 heterocycles. The topological polar surface area (TPSA) is 88.3 Å². The van der Waals surface area contributed by atoms with Gasteiger partial charge in [-0.05, 0) is 30.5 Å². The van der Waals surface area contributed by atoms with Crippen LogP contribution in [0.3, 0.4) is 0 Å². The second-order valence-electron chi connectivity index (χ2n) is 5.69. The average molecular weight is 314 g/mol. The van der Waals surface area contributed by atoms with Gasteiger partial charge in [-0.2, -0.15) is 5.10 Å². The molecule has 1 N–H and O–H groups in total. The Hall–Kier alpha value is -2.70. The largest absolute Gasteiger partial charge is 0.478 e. The zero-order valence-electron chi connectivity index (χ0n) is 12.6. The van der Waals surface area contributed by atoms with Crippen molar-refractivity contribution >= 4 is 11.9 Å². The number of nitrogens with zero attached hydrogens (tertiary/aromatic N) is 4. The third-order valence-corrected chi connectivity index (χ3v) is 4.09. The summed E-state index contributed by atoms with van der Waals surface area (Å²) in [5.41, 5.74) is 0.923. The molecule has 1 amide bonds. The molecule has 1 unspecified atom stereocenters. The van der Waals surface area contributed by atoms with Crippen LogP contribution in [-0.2, 0) is 11.2 Å². The van der Waals surface area contributed by atoms with E-state index in [-0.39, 0.29) is 23.9 Å². The summed E-state index contributed by atoms with van der Waals surface area (Å²) in [7, 11) is 0. The predicted octanol–water partition coefficient (Wildman–Crippen LogP) is 1.38. The van der Waals surface area contributed by atoms with E-state index in [0.29, 0.717) is 6.54 Å². The molecule has 1 atom stereocenters. The first kappa shape index (κ1) is 15.2. The highest BCUT2D eigenvalue weighted by molar-refractivity contribution is 5.88. The molecule has 120 valence electrons. The number of carbonyl (C=O) groups is 2. The highest BCUT2D eigenvalue weighted by atomic mass is 16.4. The van der Waals surface area contributed by atoms with Crippen LogP contribution in [0, 0.1) is 0 Å². The minimum atomic E-state index is -0.983. The summed E-state index contributed by atoms with van der Waals surface area (Å²) in [4.78, 5) is 29.3. The molecule has 23 heavy (non-hydrogen) atoms. The highest BCUT2D eigenvalue weighted by Gasteiger charge is 2.25. The molecule has 0 aliphatic carbocycles. The van der Waals surface area contributed by atoms with Crippen LogP contribution < -0.4 is 0 Å². The number of aromatic nitrogens is 3. The van der Waals surface area contributed by atoms with Crippen molar-refractivity contribution in [2.45, 2.75) is 25.3 Å². The predicted molar refractivity (Wildman–Crippen MR) is 82.0 cm³/mol. The molecule has 7 heteroatoms. The second kappa shape index (κ2) is 6.60. The molecule has 0 radical (unpaired) electrons. The van der Waals surface area contributed by atoms with Gasteiger partial charge in [0.1, 0.15) is 12.7 Å².